The number of allylic oxidation sites excluding steroid dienone is 4. The predicted octanol–water partition coefficient (Wildman–Crippen LogP) is 10.1. The Morgan fingerprint density at radius 1 is 0.667 bits per heavy atom. The second-order valence-electron chi connectivity index (χ2n) is 13.0. The number of aliphatic hydroxyl groups is 2. The molecule has 0 saturated heterocycles. The number of unbranched alkanes of at least 4 members (excludes halogenated alkanes) is 16. The molecule has 0 aromatic heterocycles. The summed E-state index contributed by atoms with van der Waals surface area (Å²) in [4.78, 5) is 24.2. The molecule has 262 valence electrons. The van der Waals surface area contributed by atoms with E-state index in [9.17, 15) is 19.8 Å². The lowest BCUT2D eigenvalue weighted by Gasteiger charge is -2.15. The molecule has 2 N–H and O–H groups in total. The molecule has 2 atom stereocenters. The number of aliphatic hydroxyl groups excluding tert-OH is 2. The molecule has 0 saturated carbocycles. The molecule has 6 nitrogen and oxygen atoms in total. The number of rotatable bonds is 32. The summed E-state index contributed by atoms with van der Waals surface area (Å²) in [6.07, 6.45) is 35.3. The molecule has 0 bridgehead atoms. The Kier molecular flexibility index (Phi) is 32.0. The zero-order valence-corrected chi connectivity index (χ0v) is 29.4. The molecule has 0 aliphatic rings. The van der Waals surface area contributed by atoms with E-state index >= 15 is 0 Å². The topological polar surface area (TPSA) is 93.1 Å². The lowest BCUT2D eigenvalue weighted by Crippen LogP contribution is -2.28. The third-order valence-electron chi connectivity index (χ3n) is 7.96. The summed E-state index contributed by atoms with van der Waals surface area (Å²) < 4.78 is 10.6. The first-order chi connectivity index (χ1) is 21.9. The van der Waals surface area contributed by atoms with E-state index in [4.69, 9.17) is 9.47 Å². The van der Waals surface area contributed by atoms with E-state index in [0.29, 0.717) is 19.3 Å². The fourth-order valence-electron chi connectivity index (χ4n) is 5.13. The van der Waals surface area contributed by atoms with Gasteiger partial charge in [0, 0.05) is 12.8 Å². The number of ether oxygens (including phenoxy) is 2. The molecule has 0 aromatic rings. The Hall–Kier alpha value is -1.92. The Bertz CT molecular complexity index is 757. The molecule has 0 fully saturated rings. The third kappa shape index (κ3) is 33.3. The first-order valence-corrected chi connectivity index (χ1v) is 18.5. The van der Waals surface area contributed by atoms with E-state index < -0.39 is 12.2 Å². The molecular formula is C39H70O6. The predicted molar refractivity (Wildman–Crippen MR) is 188 cm³/mol. The van der Waals surface area contributed by atoms with Gasteiger partial charge in [0.25, 0.3) is 0 Å². The molecule has 6 heteroatoms. The van der Waals surface area contributed by atoms with Crippen molar-refractivity contribution in [2.24, 2.45) is 5.92 Å². The minimum Gasteiger partial charge on any atom is -0.462 e. The first kappa shape index (κ1) is 43.1. The standard InChI is InChI=1S/C39H70O6/c1-4-5-23-29-36(41)30-25-20-16-12-10-14-18-22-27-32-39(43)45-37(33-40)34-44-38(42)31-26-21-17-13-9-7-6-8-11-15-19-24-28-35(2)3/h5,16,20,23,25,30,35-37,40-41H,4,6-15,17-19,21-22,24,26-29,31-34H2,1-3H3/b20-16+,23-5+,30-25+/t36?,37-/m0/s1. The third-order valence-corrected chi connectivity index (χ3v) is 7.96. The summed E-state index contributed by atoms with van der Waals surface area (Å²) in [5.41, 5.74) is 0. The van der Waals surface area contributed by atoms with Gasteiger partial charge in [-0.3, -0.25) is 9.59 Å². The van der Waals surface area contributed by atoms with E-state index in [1.54, 1.807) is 0 Å². The van der Waals surface area contributed by atoms with E-state index in [1.165, 1.54) is 64.2 Å². The Labute approximate surface area is 277 Å². The van der Waals surface area contributed by atoms with E-state index in [-0.39, 0.29) is 25.2 Å². The van der Waals surface area contributed by atoms with E-state index in [1.807, 2.05) is 24.3 Å². The summed E-state index contributed by atoms with van der Waals surface area (Å²) in [5.74, 6) is 0.191. The normalized spacial score (nSPS) is 13.4. The van der Waals surface area contributed by atoms with Crippen molar-refractivity contribution in [2.75, 3.05) is 13.2 Å². The van der Waals surface area contributed by atoms with Crippen LogP contribution in [0.1, 0.15) is 168 Å². The number of esters is 2. The second-order valence-corrected chi connectivity index (χ2v) is 13.0. The van der Waals surface area contributed by atoms with E-state index in [0.717, 1.165) is 70.1 Å². The minimum absolute atomic E-state index is 0.0869. The van der Waals surface area contributed by atoms with Gasteiger partial charge in [-0.05, 0) is 44.4 Å². The maximum absolute atomic E-state index is 12.1. The highest BCUT2D eigenvalue weighted by Crippen LogP contribution is 2.15. The molecule has 0 rings (SSSR count). The summed E-state index contributed by atoms with van der Waals surface area (Å²) >= 11 is 0. The minimum atomic E-state index is -0.795. The summed E-state index contributed by atoms with van der Waals surface area (Å²) in [6.45, 7) is 6.24. The van der Waals surface area contributed by atoms with Crippen LogP contribution in [0.4, 0.5) is 0 Å². The van der Waals surface area contributed by atoms with Crippen molar-refractivity contribution in [2.45, 2.75) is 181 Å². The van der Waals surface area contributed by atoms with Crippen LogP contribution in [-0.2, 0) is 19.1 Å². The molecule has 0 radical (unpaired) electrons. The fourth-order valence-corrected chi connectivity index (χ4v) is 5.13. The van der Waals surface area contributed by atoms with Crippen molar-refractivity contribution in [3.8, 4) is 0 Å². The quantitative estimate of drug-likeness (QED) is 0.0331. The lowest BCUT2D eigenvalue weighted by molar-refractivity contribution is -0.161. The summed E-state index contributed by atoms with van der Waals surface area (Å²) in [6, 6.07) is 0. The van der Waals surface area contributed by atoms with Crippen molar-refractivity contribution < 1.29 is 29.3 Å². The first-order valence-electron chi connectivity index (χ1n) is 18.5. The van der Waals surface area contributed by atoms with Crippen LogP contribution in [0, 0.1) is 5.92 Å². The van der Waals surface area contributed by atoms with E-state index in [2.05, 4.69) is 32.9 Å². The van der Waals surface area contributed by atoms with Crippen LogP contribution in [0.5, 0.6) is 0 Å². The molecule has 45 heavy (non-hydrogen) atoms. The molecule has 0 spiro atoms. The van der Waals surface area contributed by atoms with Crippen molar-refractivity contribution in [1.29, 1.82) is 0 Å². The van der Waals surface area contributed by atoms with Gasteiger partial charge in [0.1, 0.15) is 6.61 Å². The average molecular weight is 635 g/mol. The van der Waals surface area contributed by atoms with Crippen LogP contribution in [0.3, 0.4) is 0 Å². The van der Waals surface area contributed by atoms with Crippen LogP contribution >= 0.6 is 0 Å². The van der Waals surface area contributed by atoms with Gasteiger partial charge < -0.3 is 19.7 Å². The van der Waals surface area contributed by atoms with Gasteiger partial charge in [-0.1, -0.05) is 154 Å². The van der Waals surface area contributed by atoms with Gasteiger partial charge in [0.15, 0.2) is 6.10 Å². The SMILES string of the molecule is CC/C=C/CC(O)/C=C/C=C/CCCCCCCC(=O)O[C@@H](CO)COC(=O)CCCCCCCCCCCCCCC(C)C. The van der Waals surface area contributed by atoms with Crippen LogP contribution in [0.15, 0.2) is 36.5 Å². The van der Waals surface area contributed by atoms with Gasteiger partial charge in [-0.15, -0.1) is 0 Å². The van der Waals surface area contributed by atoms with Crippen molar-refractivity contribution in [1.82, 2.24) is 0 Å². The van der Waals surface area contributed by atoms with Gasteiger partial charge in [-0.2, -0.15) is 0 Å². The molecule has 1 unspecified atom stereocenters. The fraction of sp³-hybridized carbons (Fsp3) is 0.795. The maximum atomic E-state index is 12.1. The van der Waals surface area contributed by atoms with Gasteiger partial charge >= 0.3 is 11.9 Å². The van der Waals surface area contributed by atoms with Crippen LogP contribution < -0.4 is 0 Å². The maximum Gasteiger partial charge on any atom is 0.306 e. The molecule has 0 heterocycles. The molecule has 0 aliphatic heterocycles. The molecular weight excluding hydrogens is 564 g/mol. The molecule has 0 aromatic carbocycles. The second kappa shape index (κ2) is 33.4. The molecule has 0 amide bonds. The lowest BCUT2D eigenvalue weighted by atomic mass is 10.0. The highest BCUT2D eigenvalue weighted by Gasteiger charge is 2.16. The van der Waals surface area contributed by atoms with Gasteiger partial charge in [0.05, 0.1) is 12.7 Å². The number of hydrogen-bond donors (Lipinski definition) is 2. The average Bonchev–Trinajstić information content (AvgIpc) is 3.01. The largest absolute Gasteiger partial charge is 0.462 e. The highest BCUT2D eigenvalue weighted by molar-refractivity contribution is 5.70. The Morgan fingerprint density at radius 2 is 1.20 bits per heavy atom. The zero-order valence-electron chi connectivity index (χ0n) is 29.4. The summed E-state index contributed by atoms with van der Waals surface area (Å²) in [7, 11) is 0. The van der Waals surface area contributed by atoms with Crippen LogP contribution in [0.25, 0.3) is 0 Å². The Morgan fingerprint density at radius 3 is 1.76 bits per heavy atom. The Balaban J connectivity index is 3.64. The van der Waals surface area contributed by atoms with Crippen molar-refractivity contribution in [3.63, 3.8) is 0 Å². The summed E-state index contributed by atoms with van der Waals surface area (Å²) in [5, 5.41) is 19.3. The smallest absolute Gasteiger partial charge is 0.306 e. The van der Waals surface area contributed by atoms with Gasteiger partial charge in [0.2, 0.25) is 0 Å². The van der Waals surface area contributed by atoms with Crippen LogP contribution in [0.2, 0.25) is 0 Å². The number of hydrogen-bond acceptors (Lipinski definition) is 6. The van der Waals surface area contributed by atoms with Crippen molar-refractivity contribution in [3.05, 3.63) is 36.5 Å². The van der Waals surface area contributed by atoms with Crippen molar-refractivity contribution >= 4 is 11.9 Å². The molecule has 0 aliphatic carbocycles. The van der Waals surface area contributed by atoms with Crippen LogP contribution in [-0.4, -0.2) is 47.6 Å². The zero-order chi connectivity index (χ0) is 33.2. The number of carbonyl (C=O) groups excluding carboxylic acids is 2. The van der Waals surface area contributed by atoms with Gasteiger partial charge in [-0.25, -0.2) is 0 Å². The number of carbonyl (C=O) groups is 2. The monoisotopic (exact) mass is 635 g/mol. The highest BCUT2D eigenvalue weighted by atomic mass is 16.6.